The molecule has 0 heterocycles. The number of carbonyl (C=O) groups is 4. The van der Waals surface area contributed by atoms with Gasteiger partial charge in [-0.3, -0.25) is 0 Å². The van der Waals surface area contributed by atoms with Gasteiger partial charge in [-0.15, -0.1) is 0 Å². The second-order valence-electron chi connectivity index (χ2n) is 7.88. The van der Waals surface area contributed by atoms with Crippen LogP contribution in [0.25, 0.3) is 0 Å². The molecule has 0 spiro atoms. The van der Waals surface area contributed by atoms with Crippen molar-refractivity contribution >= 4 is 23.9 Å². The average Bonchev–Trinajstić information content (AvgIpc) is 2.95. The van der Waals surface area contributed by atoms with Crippen molar-refractivity contribution in [2.45, 2.75) is 13.2 Å². The third-order valence-electron chi connectivity index (χ3n) is 5.40. The highest BCUT2D eigenvalue weighted by atomic mass is 16.6. The quantitative estimate of drug-likeness (QED) is 0.184. The Bertz CT molecular complexity index is 1300. The summed E-state index contributed by atoms with van der Waals surface area (Å²) in [6.45, 7) is -0.363. The molecule has 184 valence electrons. The van der Waals surface area contributed by atoms with Crippen molar-refractivity contribution in [2.24, 2.45) is 0 Å². The third kappa shape index (κ3) is 6.55. The van der Waals surface area contributed by atoms with Crippen molar-refractivity contribution in [1.82, 2.24) is 0 Å². The van der Waals surface area contributed by atoms with Crippen molar-refractivity contribution < 1.29 is 33.4 Å². The van der Waals surface area contributed by atoms with Gasteiger partial charge in [0.05, 0.1) is 22.3 Å². The van der Waals surface area contributed by atoms with Gasteiger partial charge >= 0.3 is 23.9 Å². The molecule has 0 bridgehead atoms. The van der Waals surface area contributed by atoms with Crippen LogP contribution in [0.3, 0.4) is 0 Å². The van der Waals surface area contributed by atoms with E-state index in [1.165, 1.54) is 12.1 Å². The van der Waals surface area contributed by atoms with Crippen molar-refractivity contribution in [3.05, 3.63) is 143 Å². The van der Waals surface area contributed by atoms with Crippen LogP contribution in [0.5, 0.6) is 0 Å². The molecule has 0 aromatic heterocycles. The Morgan fingerprint density at radius 1 is 0.432 bits per heavy atom. The second-order valence-corrected chi connectivity index (χ2v) is 7.88. The number of ether oxygens (including phenoxy) is 3. The molecule has 0 aliphatic heterocycles. The Balaban J connectivity index is 1.42. The number of carbonyl (C=O) groups excluding carboxylic acids is 4. The van der Waals surface area contributed by atoms with E-state index in [1.807, 2.05) is 0 Å². The molecule has 0 fully saturated rings. The summed E-state index contributed by atoms with van der Waals surface area (Å²) in [6.07, 6.45) is 0. The van der Waals surface area contributed by atoms with E-state index in [0.29, 0.717) is 22.3 Å². The van der Waals surface area contributed by atoms with Crippen LogP contribution in [-0.2, 0) is 27.4 Å². The maximum absolute atomic E-state index is 12.9. The number of hydrogen-bond acceptors (Lipinski definition) is 7. The van der Waals surface area contributed by atoms with Gasteiger partial charge in [0.1, 0.15) is 13.2 Å². The van der Waals surface area contributed by atoms with Gasteiger partial charge in [0.25, 0.3) is 0 Å². The molecule has 7 nitrogen and oxygen atoms in total. The highest BCUT2D eigenvalue weighted by Gasteiger charge is 2.21. The normalized spacial score (nSPS) is 10.3. The molecule has 37 heavy (non-hydrogen) atoms. The lowest BCUT2D eigenvalue weighted by Crippen LogP contribution is -2.17. The van der Waals surface area contributed by atoms with Gasteiger partial charge < -0.3 is 14.2 Å². The Kier molecular flexibility index (Phi) is 8.18. The first-order chi connectivity index (χ1) is 18.0. The lowest BCUT2D eigenvalue weighted by atomic mass is 10.1. The van der Waals surface area contributed by atoms with Gasteiger partial charge in [0.2, 0.25) is 0 Å². The zero-order valence-electron chi connectivity index (χ0n) is 19.7. The number of benzene rings is 4. The van der Waals surface area contributed by atoms with E-state index in [1.54, 1.807) is 97.1 Å². The number of hydrogen-bond donors (Lipinski definition) is 0. The minimum Gasteiger partial charge on any atom is -0.457 e. The maximum atomic E-state index is 12.9. The summed E-state index contributed by atoms with van der Waals surface area (Å²) in [7, 11) is 0. The van der Waals surface area contributed by atoms with Crippen LogP contribution in [0.1, 0.15) is 52.6 Å². The molecule has 0 unspecified atom stereocenters. The van der Waals surface area contributed by atoms with Gasteiger partial charge in [0, 0.05) is 11.1 Å². The molecular formula is C30H22O7. The number of rotatable bonds is 8. The molecule has 0 atom stereocenters. The Morgan fingerprint density at radius 3 is 1.19 bits per heavy atom. The number of esters is 4. The summed E-state index contributed by atoms with van der Waals surface area (Å²) in [4.78, 5) is 50.3. The molecule has 7 heteroatoms. The SMILES string of the molecule is O=C(OCc1ccccc1C(=O)OC(=O)c1ccccc1COC(=O)c1ccccc1)c1ccccc1. The van der Waals surface area contributed by atoms with Crippen LogP contribution < -0.4 is 0 Å². The first-order valence-corrected chi connectivity index (χ1v) is 11.4. The van der Waals surface area contributed by atoms with Crippen LogP contribution in [-0.4, -0.2) is 23.9 Å². The van der Waals surface area contributed by atoms with Crippen LogP contribution in [0.15, 0.2) is 109 Å². The highest BCUT2D eigenvalue weighted by Crippen LogP contribution is 2.17. The summed E-state index contributed by atoms with van der Waals surface area (Å²) in [5, 5.41) is 0. The highest BCUT2D eigenvalue weighted by molar-refractivity contribution is 6.04. The van der Waals surface area contributed by atoms with Crippen LogP contribution in [0.2, 0.25) is 0 Å². The molecule has 0 aliphatic rings. The largest absolute Gasteiger partial charge is 0.457 e. The fraction of sp³-hybridized carbons (Fsp3) is 0.0667. The van der Waals surface area contributed by atoms with Crippen molar-refractivity contribution in [3.63, 3.8) is 0 Å². The van der Waals surface area contributed by atoms with E-state index in [9.17, 15) is 19.2 Å². The van der Waals surface area contributed by atoms with Crippen LogP contribution in [0.4, 0.5) is 0 Å². The van der Waals surface area contributed by atoms with Crippen molar-refractivity contribution in [3.8, 4) is 0 Å². The van der Waals surface area contributed by atoms with E-state index in [0.717, 1.165) is 0 Å². The van der Waals surface area contributed by atoms with Gasteiger partial charge in [-0.2, -0.15) is 0 Å². The Hall–Kier alpha value is -5.04. The standard InChI is InChI=1S/C30H22O7/c31-27(21-11-3-1-4-12-21)35-19-23-15-7-9-17-25(23)29(33)37-30(34)26-18-10-8-16-24(26)20-36-28(32)22-13-5-2-6-14-22/h1-18H,19-20H2. The topological polar surface area (TPSA) is 96.0 Å². The molecule has 0 saturated carbocycles. The molecule has 4 aromatic carbocycles. The molecule has 0 saturated heterocycles. The minimum atomic E-state index is -0.896. The molecular weight excluding hydrogens is 472 g/mol. The molecule has 0 amide bonds. The summed E-state index contributed by atoms with van der Waals surface area (Å²) < 4.78 is 15.8. The van der Waals surface area contributed by atoms with Gasteiger partial charge in [-0.25, -0.2) is 19.2 Å². The lowest BCUT2D eigenvalue weighted by molar-refractivity contribution is 0.0370. The predicted molar refractivity (Wildman–Crippen MR) is 134 cm³/mol. The first-order valence-electron chi connectivity index (χ1n) is 11.4. The van der Waals surface area contributed by atoms with E-state index in [-0.39, 0.29) is 24.3 Å². The molecule has 4 rings (SSSR count). The Morgan fingerprint density at radius 2 is 0.784 bits per heavy atom. The molecule has 4 aromatic rings. The van der Waals surface area contributed by atoms with Gasteiger partial charge in [0.15, 0.2) is 0 Å². The fourth-order valence-corrected chi connectivity index (χ4v) is 3.49. The smallest absolute Gasteiger partial charge is 0.346 e. The van der Waals surface area contributed by atoms with E-state index in [2.05, 4.69) is 0 Å². The minimum absolute atomic E-state index is 0.0877. The average molecular weight is 494 g/mol. The van der Waals surface area contributed by atoms with Gasteiger partial charge in [-0.05, 0) is 36.4 Å². The zero-order valence-corrected chi connectivity index (χ0v) is 19.7. The van der Waals surface area contributed by atoms with Crippen LogP contribution in [0, 0.1) is 0 Å². The maximum Gasteiger partial charge on any atom is 0.346 e. The monoisotopic (exact) mass is 494 g/mol. The zero-order chi connectivity index (χ0) is 26.0. The van der Waals surface area contributed by atoms with E-state index < -0.39 is 23.9 Å². The Labute approximate surface area is 213 Å². The third-order valence-corrected chi connectivity index (χ3v) is 5.40. The molecule has 0 aliphatic carbocycles. The summed E-state index contributed by atoms with van der Waals surface area (Å²) in [6, 6.07) is 29.7. The van der Waals surface area contributed by atoms with Crippen molar-refractivity contribution in [1.29, 1.82) is 0 Å². The summed E-state index contributed by atoms with van der Waals surface area (Å²) in [5.41, 5.74) is 1.70. The van der Waals surface area contributed by atoms with Crippen LogP contribution >= 0.6 is 0 Å². The van der Waals surface area contributed by atoms with Crippen molar-refractivity contribution in [2.75, 3.05) is 0 Å². The summed E-state index contributed by atoms with van der Waals surface area (Å²) >= 11 is 0. The predicted octanol–water partition coefficient (Wildman–Crippen LogP) is 5.40. The van der Waals surface area contributed by atoms with E-state index in [4.69, 9.17) is 14.2 Å². The van der Waals surface area contributed by atoms with E-state index >= 15 is 0 Å². The second kappa shape index (κ2) is 12.1. The molecule has 0 radical (unpaired) electrons. The fourth-order valence-electron chi connectivity index (χ4n) is 3.49. The van der Waals surface area contributed by atoms with Gasteiger partial charge in [-0.1, -0.05) is 72.8 Å². The lowest BCUT2D eigenvalue weighted by Gasteiger charge is -2.12. The molecule has 0 N–H and O–H groups in total. The first kappa shape index (κ1) is 25.1. The summed E-state index contributed by atoms with van der Waals surface area (Å²) in [5.74, 6) is -2.88.